The van der Waals surface area contributed by atoms with E-state index >= 15 is 0 Å². The van der Waals surface area contributed by atoms with Gasteiger partial charge in [-0.05, 0) is 46.6 Å². The average Bonchev–Trinajstić information content (AvgIpc) is 2.33. The van der Waals surface area contributed by atoms with Crippen molar-refractivity contribution >= 4 is 10.8 Å². The van der Waals surface area contributed by atoms with E-state index < -0.39 is 0 Å². The highest BCUT2D eigenvalue weighted by Gasteiger charge is 2.23. The van der Waals surface area contributed by atoms with E-state index in [2.05, 4.69) is 50.2 Å². The predicted octanol–water partition coefficient (Wildman–Crippen LogP) is 4.53. The minimum Gasteiger partial charge on any atom is -0.0619 e. The summed E-state index contributed by atoms with van der Waals surface area (Å²) < 4.78 is 0. The molecular formula is C16H18. The summed E-state index contributed by atoms with van der Waals surface area (Å²) in [5.74, 6) is 1.54. The molecule has 0 spiro atoms. The molecule has 0 fully saturated rings. The Balaban J connectivity index is 2.27. The second-order valence-corrected chi connectivity index (χ2v) is 5.16. The highest BCUT2D eigenvalue weighted by Crippen LogP contribution is 2.38. The minimum atomic E-state index is 0.716. The molecule has 16 heavy (non-hydrogen) atoms. The Morgan fingerprint density at radius 2 is 1.81 bits per heavy atom. The van der Waals surface area contributed by atoms with E-state index in [-0.39, 0.29) is 0 Å². The zero-order valence-corrected chi connectivity index (χ0v) is 10.0. The lowest BCUT2D eigenvalue weighted by Crippen LogP contribution is -2.16. The van der Waals surface area contributed by atoms with Gasteiger partial charge in [-0.1, -0.05) is 50.2 Å². The summed E-state index contributed by atoms with van der Waals surface area (Å²) in [6.07, 6.45) is 2.59. The highest BCUT2D eigenvalue weighted by atomic mass is 14.3. The van der Waals surface area contributed by atoms with E-state index in [4.69, 9.17) is 0 Å². The van der Waals surface area contributed by atoms with Crippen molar-refractivity contribution in [1.82, 2.24) is 0 Å². The third-order valence-electron chi connectivity index (χ3n) is 4.27. The SMILES string of the molecule is C[C@@H]1CCc2c(ccc3ccccc23)[C@H]1C. The molecule has 0 unspecified atom stereocenters. The van der Waals surface area contributed by atoms with Crippen LogP contribution < -0.4 is 0 Å². The zero-order chi connectivity index (χ0) is 11.1. The van der Waals surface area contributed by atoms with Crippen molar-refractivity contribution in [3.8, 4) is 0 Å². The van der Waals surface area contributed by atoms with Crippen molar-refractivity contribution in [2.75, 3.05) is 0 Å². The lowest BCUT2D eigenvalue weighted by Gasteiger charge is -2.29. The van der Waals surface area contributed by atoms with Crippen molar-refractivity contribution < 1.29 is 0 Å². The van der Waals surface area contributed by atoms with Crippen LogP contribution in [0.3, 0.4) is 0 Å². The lowest BCUT2D eigenvalue weighted by atomic mass is 9.75. The first-order valence-corrected chi connectivity index (χ1v) is 6.28. The molecular weight excluding hydrogens is 192 g/mol. The van der Waals surface area contributed by atoms with Crippen LogP contribution in [0.4, 0.5) is 0 Å². The molecule has 2 aromatic carbocycles. The van der Waals surface area contributed by atoms with Gasteiger partial charge < -0.3 is 0 Å². The van der Waals surface area contributed by atoms with Gasteiger partial charge in [-0.2, -0.15) is 0 Å². The summed E-state index contributed by atoms with van der Waals surface area (Å²) in [5, 5.41) is 2.86. The maximum atomic E-state index is 2.38. The molecule has 2 aromatic rings. The van der Waals surface area contributed by atoms with Gasteiger partial charge in [-0.15, -0.1) is 0 Å². The summed E-state index contributed by atoms with van der Waals surface area (Å²) >= 11 is 0. The normalized spacial score (nSPS) is 24.4. The van der Waals surface area contributed by atoms with Gasteiger partial charge in [0.05, 0.1) is 0 Å². The maximum Gasteiger partial charge on any atom is -0.0149 e. The van der Waals surface area contributed by atoms with Gasteiger partial charge in [-0.3, -0.25) is 0 Å². The summed E-state index contributed by atoms with van der Waals surface area (Å²) in [4.78, 5) is 0. The summed E-state index contributed by atoms with van der Waals surface area (Å²) in [6.45, 7) is 4.75. The number of rotatable bonds is 0. The Morgan fingerprint density at radius 1 is 1.00 bits per heavy atom. The number of fused-ring (bicyclic) bond motifs is 3. The Hall–Kier alpha value is -1.30. The van der Waals surface area contributed by atoms with Crippen LogP contribution in [0, 0.1) is 5.92 Å². The molecule has 0 bridgehead atoms. The highest BCUT2D eigenvalue weighted by molar-refractivity contribution is 5.87. The first-order valence-electron chi connectivity index (χ1n) is 6.28. The number of benzene rings is 2. The predicted molar refractivity (Wildman–Crippen MR) is 69.8 cm³/mol. The molecule has 0 saturated heterocycles. The molecule has 1 aliphatic rings. The Kier molecular flexibility index (Phi) is 2.24. The van der Waals surface area contributed by atoms with E-state index in [0.29, 0.717) is 5.92 Å². The van der Waals surface area contributed by atoms with Crippen molar-refractivity contribution in [3.05, 3.63) is 47.5 Å². The lowest BCUT2D eigenvalue weighted by molar-refractivity contribution is 0.427. The molecule has 0 radical (unpaired) electrons. The van der Waals surface area contributed by atoms with Crippen LogP contribution in [0.1, 0.15) is 37.3 Å². The molecule has 0 saturated carbocycles. The van der Waals surface area contributed by atoms with Crippen molar-refractivity contribution in [2.45, 2.75) is 32.6 Å². The molecule has 82 valence electrons. The molecule has 0 N–H and O–H groups in total. The van der Waals surface area contributed by atoms with Crippen LogP contribution >= 0.6 is 0 Å². The average molecular weight is 210 g/mol. The number of hydrogen-bond acceptors (Lipinski definition) is 0. The van der Waals surface area contributed by atoms with E-state index in [1.165, 1.54) is 23.6 Å². The number of hydrogen-bond donors (Lipinski definition) is 0. The van der Waals surface area contributed by atoms with Gasteiger partial charge in [-0.25, -0.2) is 0 Å². The van der Waals surface area contributed by atoms with Gasteiger partial charge >= 0.3 is 0 Å². The van der Waals surface area contributed by atoms with Crippen LogP contribution in [-0.2, 0) is 6.42 Å². The fraction of sp³-hybridized carbons (Fsp3) is 0.375. The molecule has 0 heterocycles. The van der Waals surface area contributed by atoms with Gasteiger partial charge in [0.2, 0.25) is 0 Å². The van der Waals surface area contributed by atoms with Crippen molar-refractivity contribution in [1.29, 1.82) is 0 Å². The second-order valence-electron chi connectivity index (χ2n) is 5.16. The first-order chi connectivity index (χ1) is 7.77. The van der Waals surface area contributed by atoms with E-state index in [0.717, 1.165) is 5.92 Å². The van der Waals surface area contributed by atoms with Crippen LogP contribution in [0.5, 0.6) is 0 Å². The monoisotopic (exact) mass is 210 g/mol. The molecule has 0 aliphatic heterocycles. The molecule has 1 aliphatic carbocycles. The van der Waals surface area contributed by atoms with Gasteiger partial charge in [0.15, 0.2) is 0 Å². The zero-order valence-electron chi connectivity index (χ0n) is 10.0. The Bertz CT molecular complexity index is 525. The van der Waals surface area contributed by atoms with Gasteiger partial charge in [0.25, 0.3) is 0 Å². The fourth-order valence-corrected chi connectivity index (χ4v) is 2.99. The minimum absolute atomic E-state index is 0.716. The van der Waals surface area contributed by atoms with Crippen LogP contribution in [0.2, 0.25) is 0 Å². The van der Waals surface area contributed by atoms with E-state index in [1.807, 2.05) is 0 Å². The fourth-order valence-electron chi connectivity index (χ4n) is 2.99. The molecule has 0 heteroatoms. The molecule has 0 amide bonds. The quantitative estimate of drug-likeness (QED) is 0.599. The van der Waals surface area contributed by atoms with Crippen LogP contribution in [0.15, 0.2) is 36.4 Å². The van der Waals surface area contributed by atoms with E-state index in [9.17, 15) is 0 Å². The molecule has 0 aromatic heterocycles. The van der Waals surface area contributed by atoms with Crippen LogP contribution in [-0.4, -0.2) is 0 Å². The number of aryl methyl sites for hydroxylation is 1. The second kappa shape index (κ2) is 3.62. The third-order valence-corrected chi connectivity index (χ3v) is 4.27. The van der Waals surface area contributed by atoms with Gasteiger partial charge in [0.1, 0.15) is 0 Å². The first kappa shape index (κ1) is 9.89. The Morgan fingerprint density at radius 3 is 2.69 bits per heavy atom. The van der Waals surface area contributed by atoms with Crippen LogP contribution in [0.25, 0.3) is 10.8 Å². The summed E-state index contributed by atoms with van der Waals surface area (Å²) in [7, 11) is 0. The largest absolute Gasteiger partial charge is 0.0619 e. The van der Waals surface area contributed by atoms with Crippen molar-refractivity contribution in [3.63, 3.8) is 0 Å². The molecule has 0 nitrogen and oxygen atoms in total. The standard InChI is InChI=1S/C16H18/c1-11-7-9-16-14(12(11)2)10-8-13-5-3-4-6-15(13)16/h3-6,8,10-12H,7,9H2,1-2H3/t11-,12+/m1/s1. The van der Waals surface area contributed by atoms with Crippen molar-refractivity contribution in [2.24, 2.45) is 5.92 Å². The maximum absolute atomic E-state index is 2.38. The smallest absolute Gasteiger partial charge is 0.0149 e. The summed E-state index contributed by atoms with van der Waals surface area (Å²) in [6, 6.07) is 13.4. The Labute approximate surface area is 97.3 Å². The summed E-state index contributed by atoms with van der Waals surface area (Å²) in [5.41, 5.74) is 3.18. The third kappa shape index (κ3) is 1.36. The topological polar surface area (TPSA) is 0 Å². The molecule has 3 rings (SSSR count). The van der Waals surface area contributed by atoms with Gasteiger partial charge in [0, 0.05) is 0 Å². The molecule has 2 atom stereocenters. The van der Waals surface area contributed by atoms with E-state index in [1.54, 1.807) is 11.1 Å².